The van der Waals surface area contributed by atoms with Crippen LogP contribution in [0.5, 0.6) is 0 Å². The van der Waals surface area contributed by atoms with Crippen LogP contribution in [0, 0.1) is 5.92 Å². The van der Waals surface area contributed by atoms with E-state index in [4.69, 9.17) is 4.74 Å². The summed E-state index contributed by atoms with van der Waals surface area (Å²) in [6, 6.07) is 4.70. The Hall–Kier alpha value is -2.11. The quantitative estimate of drug-likeness (QED) is 0.905. The number of amides is 1. The van der Waals surface area contributed by atoms with Gasteiger partial charge in [-0.3, -0.25) is 14.7 Å². The monoisotopic (exact) mass is 292 g/mol. The molecule has 1 aromatic heterocycles. The van der Waals surface area contributed by atoms with Gasteiger partial charge in [0.25, 0.3) is 0 Å². The van der Waals surface area contributed by atoms with E-state index in [0.717, 1.165) is 0 Å². The minimum Gasteiger partial charge on any atom is -0.481 e. The van der Waals surface area contributed by atoms with Crippen molar-refractivity contribution in [3.63, 3.8) is 0 Å². The first-order valence-corrected chi connectivity index (χ1v) is 6.93. The molecule has 2 heterocycles. The standard InChI is InChI=1S/C15H20N2O4/c1-15(2,3)21-14(20)17-9-7-10(13(18)19)12(17)11-6-4-5-8-16-11/h4-6,8,10,12H,7,9H2,1-3H3,(H,18,19)/t10-,12-/m0/s1. The summed E-state index contributed by atoms with van der Waals surface area (Å²) < 4.78 is 5.37. The van der Waals surface area contributed by atoms with Crippen molar-refractivity contribution in [3.05, 3.63) is 30.1 Å². The highest BCUT2D eigenvalue weighted by atomic mass is 16.6. The highest BCUT2D eigenvalue weighted by Crippen LogP contribution is 2.37. The van der Waals surface area contributed by atoms with Crippen molar-refractivity contribution in [2.45, 2.75) is 38.8 Å². The Balaban J connectivity index is 2.28. The maximum absolute atomic E-state index is 12.3. The Morgan fingerprint density at radius 1 is 1.38 bits per heavy atom. The van der Waals surface area contributed by atoms with Crippen LogP contribution in [-0.4, -0.2) is 39.2 Å². The number of hydrogen-bond donors (Lipinski definition) is 1. The Kier molecular flexibility index (Phi) is 4.16. The molecule has 6 heteroatoms. The Labute approximate surface area is 123 Å². The second-order valence-electron chi connectivity index (χ2n) is 6.11. The maximum Gasteiger partial charge on any atom is 0.410 e. The molecule has 0 bridgehead atoms. The van der Waals surface area contributed by atoms with Crippen LogP contribution in [0.3, 0.4) is 0 Å². The molecule has 1 aliphatic heterocycles. The van der Waals surface area contributed by atoms with E-state index < -0.39 is 29.6 Å². The van der Waals surface area contributed by atoms with Gasteiger partial charge in [0, 0.05) is 12.7 Å². The minimum absolute atomic E-state index is 0.354. The fourth-order valence-electron chi connectivity index (χ4n) is 2.49. The number of aromatic nitrogens is 1. The lowest BCUT2D eigenvalue weighted by atomic mass is 9.97. The largest absolute Gasteiger partial charge is 0.481 e. The number of aliphatic carboxylic acids is 1. The lowest BCUT2D eigenvalue weighted by Crippen LogP contribution is -2.38. The van der Waals surface area contributed by atoms with E-state index in [0.29, 0.717) is 18.7 Å². The van der Waals surface area contributed by atoms with Gasteiger partial charge in [0.1, 0.15) is 5.60 Å². The van der Waals surface area contributed by atoms with Gasteiger partial charge in [-0.2, -0.15) is 0 Å². The number of ether oxygens (including phenoxy) is 1. The first-order valence-electron chi connectivity index (χ1n) is 6.93. The third kappa shape index (κ3) is 3.51. The summed E-state index contributed by atoms with van der Waals surface area (Å²) in [4.78, 5) is 29.4. The second-order valence-corrected chi connectivity index (χ2v) is 6.11. The van der Waals surface area contributed by atoms with Crippen LogP contribution in [0.1, 0.15) is 38.9 Å². The molecular weight excluding hydrogens is 272 g/mol. The van der Waals surface area contributed by atoms with Crippen LogP contribution >= 0.6 is 0 Å². The number of carboxylic acid groups (broad SMARTS) is 1. The Bertz CT molecular complexity index is 524. The zero-order valence-electron chi connectivity index (χ0n) is 12.4. The van der Waals surface area contributed by atoms with Crippen LogP contribution in [-0.2, 0) is 9.53 Å². The second kappa shape index (κ2) is 5.71. The molecule has 2 rings (SSSR count). The summed E-state index contributed by atoms with van der Waals surface area (Å²) in [5.74, 6) is -1.58. The van der Waals surface area contributed by atoms with Crippen molar-refractivity contribution in [1.82, 2.24) is 9.88 Å². The molecule has 1 amide bonds. The molecule has 1 saturated heterocycles. The van der Waals surface area contributed by atoms with Gasteiger partial charge in [0.15, 0.2) is 0 Å². The van der Waals surface area contributed by atoms with E-state index in [-0.39, 0.29) is 0 Å². The molecule has 1 fully saturated rings. The first-order chi connectivity index (χ1) is 9.79. The van der Waals surface area contributed by atoms with E-state index in [2.05, 4.69) is 4.98 Å². The van der Waals surface area contributed by atoms with Crippen LogP contribution in [0.15, 0.2) is 24.4 Å². The molecule has 0 aliphatic carbocycles. The van der Waals surface area contributed by atoms with Crippen molar-refractivity contribution in [1.29, 1.82) is 0 Å². The normalized spacial score (nSPS) is 22.1. The minimum atomic E-state index is -0.920. The van der Waals surface area contributed by atoms with E-state index in [1.807, 2.05) is 0 Å². The van der Waals surface area contributed by atoms with E-state index >= 15 is 0 Å². The summed E-state index contributed by atoms with van der Waals surface area (Å²) in [6.07, 6.45) is 1.50. The van der Waals surface area contributed by atoms with Crippen molar-refractivity contribution >= 4 is 12.1 Å². The zero-order valence-corrected chi connectivity index (χ0v) is 12.4. The fraction of sp³-hybridized carbons (Fsp3) is 0.533. The first kappa shape index (κ1) is 15.3. The van der Waals surface area contributed by atoms with Crippen molar-refractivity contribution in [2.75, 3.05) is 6.54 Å². The zero-order chi connectivity index (χ0) is 15.6. The number of hydrogen-bond acceptors (Lipinski definition) is 4. The van der Waals surface area contributed by atoms with Crippen LogP contribution in [0.25, 0.3) is 0 Å². The smallest absolute Gasteiger partial charge is 0.410 e. The predicted molar refractivity (Wildman–Crippen MR) is 75.7 cm³/mol. The van der Waals surface area contributed by atoms with Crippen LogP contribution in [0.4, 0.5) is 4.79 Å². The lowest BCUT2D eigenvalue weighted by Gasteiger charge is -2.29. The van der Waals surface area contributed by atoms with E-state index in [9.17, 15) is 14.7 Å². The number of carboxylic acids is 1. The maximum atomic E-state index is 12.3. The summed E-state index contributed by atoms with van der Waals surface area (Å²) in [5.41, 5.74) is -0.0409. The van der Waals surface area contributed by atoms with Crippen molar-refractivity contribution in [2.24, 2.45) is 5.92 Å². The van der Waals surface area contributed by atoms with Crippen molar-refractivity contribution in [3.8, 4) is 0 Å². The number of pyridine rings is 1. The molecule has 1 aromatic rings. The third-order valence-electron chi connectivity index (χ3n) is 3.33. The summed E-state index contributed by atoms with van der Waals surface area (Å²) in [6.45, 7) is 5.70. The SMILES string of the molecule is CC(C)(C)OC(=O)N1CC[C@H](C(=O)O)[C@H]1c1ccccn1. The van der Waals surface area contributed by atoms with Gasteiger partial charge in [-0.05, 0) is 39.3 Å². The molecule has 0 spiro atoms. The molecular formula is C15H20N2O4. The molecule has 21 heavy (non-hydrogen) atoms. The molecule has 2 atom stereocenters. The van der Waals surface area contributed by atoms with Gasteiger partial charge in [-0.1, -0.05) is 6.07 Å². The van der Waals surface area contributed by atoms with Gasteiger partial charge < -0.3 is 9.84 Å². The Morgan fingerprint density at radius 3 is 2.62 bits per heavy atom. The van der Waals surface area contributed by atoms with E-state index in [1.54, 1.807) is 45.2 Å². The number of rotatable bonds is 2. The highest BCUT2D eigenvalue weighted by molar-refractivity contribution is 5.75. The molecule has 1 aliphatic rings. The highest BCUT2D eigenvalue weighted by Gasteiger charge is 2.44. The summed E-state index contributed by atoms with van der Waals surface area (Å²) in [5, 5.41) is 9.37. The lowest BCUT2D eigenvalue weighted by molar-refractivity contribution is -0.142. The number of carbonyl (C=O) groups excluding carboxylic acids is 1. The molecule has 0 unspecified atom stereocenters. The van der Waals surface area contributed by atoms with Gasteiger partial charge in [-0.25, -0.2) is 4.79 Å². The molecule has 0 radical (unpaired) electrons. The van der Waals surface area contributed by atoms with Crippen LogP contribution < -0.4 is 0 Å². The van der Waals surface area contributed by atoms with Gasteiger partial charge >= 0.3 is 12.1 Å². The number of likely N-dealkylation sites (tertiary alicyclic amines) is 1. The molecule has 0 saturated carbocycles. The number of carbonyl (C=O) groups is 2. The van der Waals surface area contributed by atoms with Crippen LogP contribution in [0.2, 0.25) is 0 Å². The average molecular weight is 292 g/mol. The molecule has 0 aromatic carbocycles. The topological polar surface area (TPSA) is 79.7 Å². The fourth-order valence-corrected chi connectivity index (χ4v) is 2.49. The van der Waals surface area contributed by atoms with Gasteiger partial charge in [-0.15, -0.1) is 0 Å². The average Bonchev–Trinajstić information content (AvgIpc) is 2.82. The van der Waals surface area contributed by atoms with E-state index in [1.165, 1.54) is 4.90 Å². The van der Waals surface area contributed by atoms with Crippen molar-refractivity contribution < 1.29 is 19.4 Å². The Morgan fingerprint density at radius 2 is 2.10 bits per heavy atom. The third-order valence-corrected chi connectivity index (χ3v) is 3.33. The molecule has 6 nitrogen and oxygen atoms in total. The van der Waals surface area contributed by atoms with Gasteiger partial charge in [0.05, 0.1) is 17.7 Å². The molecule has 1 N–H and O–H groups in total. The molecule has 114 valence electrons. The predicted octanol–water partition coefficient (Wildman–Crippen LogP) is 2.46. The van der Waals surface area contributed by atoms with Gasteiger partial charge in [0.2, 0.25) is 0 Å². The summed E-state index contributed by atoms with van der Waals surface area (Å²) >= 11 is 0. The number of nitrogens with zero attached hydrogens (tertiary/aromatic N) is 2. The summed E-state index contributed by atoms with van der Waals surface area (Å²) in [7, 11) is 0.